The number of pyridine rings is 1. The van der Waals surface area contributed by atoms with Crippen LogP contribution in [0, 0.1) is 0 Å². The van der Waals surface area contributed by atoms with Crippen molar-refractivity contribution in [3.8, 4) is 0 Å². The van der Waals surface area contributed by atoms with Gasteiger partial charge in [0.2, 0.25) is 0 Å². The zero-order valence-corrected chi connectivity index (χ0v) is 14.0. The first-order valence-corrected chi connectivity index (χ1v) is 8.14. The van der Waals surface area contributed by atoms with Crippen LogP contribution in [-0.4, -0.2) is 23.5 Å². The minimum atomic E-state index is -1.18. The van der Waals surface area contributed by atoms with E-state index in [0.29, 0.717) is 12.8 Å². The van der Waals surface area contributed by atoms with Gasteiger partial charge in [0, 0.05) is 12.4 Å². The molecule has 24 heavy (non-hydrogen) atoms. The standard InChI is InChI=1S/C18H17ClN2O3/c1-2-24-17(23)18(9-7-12-5-3-4-6-14(12)18)21-16(22)13-8-10-20-11-15(13)19/h3-6,8,10-11H,2,7,9H2,1H3,(H,21,22). The number of amides is 1. The molecule has 1 N–H and O–H groups in total. The summed E-state index contributed by atoms with van der Waals surface area (Å²) < 4.78 is 5.25. The van der Waals surface area contributed by atoms with Gasteiger partial charge in [-0.15, -0.1) is 0 Å². The molecule has 1 aliphatic carbocycles. The lowest BCUT2D eigenvalue weighted by atomic mass is 9.91. The summed E-state index contributed by atoms with van der Waals surface area (Å²) in [6, 6.07) is 9.11. The monoisotopic (exact) mass is 344 g/mol. The minimum Gasteiger partial charge on any atom is -0.464 e. The van der Waals surface area contributed by atoms with Gasteiger partial charge in [-0.25, -0.2) is 4.79 Å². The van der Waals surface area contributed by atoms with Gasteiger partial charge in [0.1, 0.15) is 0 Å². The van der Waals surface area contributed by atoms with Crippen molar-refractivity contribution in [1.82, 2.24) is 10.3 Å². The van der Waals surface area contributed by atoms with Crippen LogP contribution in [0.2, 0.25) is 5.02 Å². The minimum absolute atomic E-state index is 0.236. The first kappa shape index (κ1) is 16.5. The lowest BCUT2D eigenvalue weighted by Crippen LogP contribution is -2.51. The Kier molecular flexibility index (Phi) is 4.53. The molecule has 1 atom stereocenters. The molecular formula is C18H17ClN2O3. The zero-order valence-electron chi connectivity index (χ0n) is 13.2. The first-order valence-electron chi connectivity index (χ1n) is 7.76. The summed E-state index contributed by atoms with van der Waals surface area (Å²) >= 11 is 6.05. The Morgan fingerprint density at radius 2 is 2.12 bits per heavy atom. The molecule has 0 bridgehead atoms. The second-order valence-electron chi connectivity index (χ2n) is 5.59. The molecule has 0 fully saturated rings. The molecule has 1 aromatic heterocycles. The summed E-state index contributed by atoms with van der Waals surface area (Å²) in [6.07, 6.45) is 4.04. The third kappa shape index (κ3) is 2.76. The molecule has 0 spiro atoms. The number of nitrogens with one attached hydrogen (secondary N) is 1. The number of aryl methyl sites for hydroxylation is 1. The van der Waals surface area contributed by atoms with Gasteiger partial charge >= 0.3 is 5.97 Å². The quantitative estimate of drug-likeness (QED) is 0.866. The molecule has 1 unspecified atom stereocenters. The fourth-order valence-corrected chi connectivity index (χ4v) is 3.28. The molecule has 2 aromatic rings. The van der Waals surface area contributed by atoms with Crippen molar-refractivity contribution in [2.75, 3.05) is 6.61 Å². The second-order valence-corrected chi connectivity index (χ2v) is 6.00. The Morgan fingerprint density at radius 1 is 1.33 bits per heavy atom. The number of ether oxygens (including phenoxy) is 1. The average Bonchev–Trinajstić information content (AvgIpc) is 2.95. The number of hydrogen-bond acceptors (Lipinski definition) is 4. The lowest BCUT2D eigenvalue weighted by Gasteiger charge is -2.29. The maximum atomic E-state index is 12.7. The van der Waals surface area contributed by atoms with Crippen LogP contribution in [-0.2, 0) is 21.5 Å². The van der Waals surface area contributed by atoms with Crippen LogP contribution in [0.5, 0.6) is 0 Å². The molecular weight excluding hydrogens is 328 g/mol. The van der Waals surface area contributed by atoms with Gasteiger partial charge in [-0.1, -0.05) is 35.9 Å². The van der Waals surface area contributed by atoms with Gasteiger partial charge in [0.15, 0.2) is 5.54 Å². The molecule has 5 nitrogen and oxygen atoms in total. The molecule has 1 aliphatic rings. The summed E-state index contributed by atoms with van der Waals surface area (Å²) in [5.41, 5.74) is 0.907. The van der Waals surface area contributed by atoms with Crippen molar-refractivity contribution in [2.24, 2.45) is 0 Å². The molecule has 0 aliphatic heterocycles. The Morgan fingerprint density at radius 3 is 2.88 bits per heavy atom. The van der Waals surface area contributed by atoms with E-state index in [9.17, 15) is 9.59 Å². The van der Waals surface area contributed by atoms with Crippen LogP contribution in [0.15, 0.2) is 42.7 Å². The molecule has 6 heteroatoms. The average molecular weight is 345 g/mol. The summed E-state index contributed by atoms with van der Waals surface area (Å²) in [6.45, 7) is 1.99. The summed E-state index contributed by atoms with van der Waals surface area (Å²) in [4.78, 5) is 29.3. The van der Waals surface area contributed by atoms with Gasteiger partial charge in [-0.2, -0.15) is 0 Å². The van der Waals surface area contributed by atoms with Gasteiger partial charge in [0.25, 0.3) is 5.91 Å². The second kappa shape index (κ2) is 6.61. The maximum Gasteiger partial charge on any atom is 0.336 e. The summed E-state index contributed by atoms with van der Waals surface area (Å²) in [7, 11) is 0. The number of halogens is 1. The third-order valence-corrected chi connectivity index (χ3v) is 4.52. The summed E-state index contributed by atoms with van der Waals surface area (Å²) in [5.74, 6) is -0.874. The van der Waals surface area contributed by atoms with Gasteiger partial charge in [-0.3, -0.25) is 9.78 Å². The van der Waals surface area contributed by atoms with Crippen LogP contribution < -0.4 is 5.32 Å². The molecule has 1 heterocycles. The number of aromatic nitrogens is 1. The van der Waals surface area contributed by atoms with E-state index in [0.717, 1.165) is 11.1 Å². The highest BCUT2D eigenvalue weighted by atomic mass is 35.5. The molecule has 0 saturated carbocycles. The SMILES string of the molecule is CCOC(=O)C1(NC(=O)c2ccncc2Cl)CCc2ccccc21. The summed E-state index contributed by atoms with van der Waals surface area (Å²) in [5, 5.41) is 3.10. The van der Waals surface area contributed by atoms with Crippen molar-refractivity contribution in [1.29, 1.82) is 0 Å². The Labute approximate surface area is 145 Å². The van der Waals surface area contributed by atoms with Gasteiger partial charge in [-0.05, 0) is 37.0 Å². The van der Waals surface area contributed by atoms with Crippen molar-refractivity contribution in [3.05, 3.63) is 64.4 Å². The number of rotatable bonds is 4. The van der Waals surface area contributed by atoms with E-state index < -0.39 is 17.4 Å². The number of fused-ring (bicyclic) bond motifs is 1. The fourth-order valence-electron chi connectivity index (χ4n) is 3.08. The largest absolute Gasteiger partial charge is 0.464 e. The van der Waals surface area contributed by atoms with Gasteiger partial charge in [0.05, 0.1) is 17.2 Å². The molecule has 3 rings (SSSR count). The fraction of sp³-hybridized carbons (Fsp3) is 0.278. The van der Waals surface area contributed by atoms with E-state index >= 15 is 0 Å². The van der Waals surface area contributed by atoms with E-state index in [1.54, 1.807) is 6.92 Å². The molecule has 1 aromatic carbocycles. The number of carbonyl (C=O) groups is 2. The van der Waals surface area contributed by atoms with Crippen molar-refractivity contribution >= 4 is 23.5 Å². The zero-order chi connectivity index (χ0) is 17.2. The van der Waals surface area contributed by atoms with Crippen molar-refractivity contribution in [2.45, 2.75) is 25.3 Å². The number of benzene rings is 1. The highest BCUT2D eigenvalue weighted by Crippen LogP contribution is 2.38. The lowest BCUT2D eigenvalue weighted by molar-refractivity contribution is -0.151. The number of esters is 1. The van der Waals surface area contributed by atoms with Crippen molar-refractivity contribution in [3.63, 3.8) is 0 Å². The predicted octanol–water partition coefficient (Wildman–Crippen LogP) is 2.87. The predicted molar refractivity (Wildman–Crippen MR) is 89.8 cm³/mol. The smallest absolute Gasteiger partial charge is 0.336 e. The highest BCUT2D eigenvalue weighted by molar-refractivity contribution is 6.33. The first-order chi connectivity index (χ1) is 11.6. The van der Waals surface area contributed by atoms with Crippen molar-refractivity contribution < 1.29 is 14.3 Å². The molecule has 1 amide bonds. The van der Waals surface area contributed by atoms with Crippen LogP contribution in [0.3, 0.4) is 0 Å². The topological polar surface area (TPSA) is 68.3 Å². The van der Waals surface area contributed by atoms with Crippen LogP contribution in [0.25, 0.3) is 0 Å². The van der Waals surface area contributed by atoms with E-state index in [-0.39, 0.29) is 17.2 Å². The molecule has 0 radical (unpaired) electrons. The highest BCUT2D eigenvalue weighted by Gasteiger charge is 2.48. The van der Waals surface area contributed by atoms with E-state index in [1.807, 2.05) is 24.3 Å². The normalized spacial score (nSPS) is 18.8. The maximum absolute atomic E-state index is 12.7. The van der Waals surface area contributed by atoms with E-state index in [1.165, 1.54) is 18.5 Å². The number of nitrogens with zero attached hydrogens (tertiary/aromatic N) is 1. The number of carbonyl (C=O) groups excluding carboxylic acids is 2. The Hall–Kier alpha value is -2.40. The van der Waals surface area contributed by atoms with Crippen LogP contribution in [0.4, 0.5) is 0 Å². The third-order valence-electron chi connectivity index (χ3n) is 4.21. The van der Waals surface area contributed by atoms with Crippen LogP contribution >= 0.6 is 11.6 Å². The van der Waals surface area contributed by atoms with Gasteiger partial charge < -0.3 is 10.1 Å². The van der Waals surface area contributed by atoms with E-state index in [4.69, 9.17) is 16.3 Å². The number of hydrogen-bond donors (Lipinski definition) is 1. The van der Waals surface area contributed by atoms with E-state index in [2.05, 4.69) is 10.3 Å². The van der Waals surface area contributed by atoms with Crippen LogP contribution in [0.1, 0.15) is 34.8 Å². The Bertz CT molecular complexity index is 793. The Balaban J connectivity index is 2.00. The molecule has 124 valence electrons. The molecule has 0 saturated heterocycles.